The van der Waals surface area contributed by atoms with Crippen molar-refractivity contribution in [2.24, 2.45) is 10.8 Å². The van der Waals surface area contributed by atoms with Gasteiger partial charge >= 0.3 is 17.9 Å². The predicted molar refractivity (Wildman–Crippen MR) is 404 cm³/mol. The fourth-order valence-electron chi connectivity index (χ4n) is 11.8. The number of esters is 3. The number of nitrogens with one attached hydrogen (secondary N) is 3. The molecule has 1 saturated carbocycles. The fraction of sp³-hybridized carbons (Fsp3) is 0.920. The average molecular weight is 1410 g/mol. The molecule has 1 fully saturated rings. The average Bonchev–Trinajstić information content (AvgIpc) is 0.825. The van der Waals surface area contributed by atoms with E-state index in [2.05, 4.69) is 50.6 Å². The monoisotopic (exact) mass is 1410 g/mol. The second-order valence-electron chi connectivity index (χ2n) is 27.0. The van der Waals surface area contributed by atoms with Gasteiger partial charge in [0.05, 0.1) is 33.0 Å². The summed E-state index contributed by atoms with van der Waals surface area (Å²) < 4.78 is 20.9. The molecule has 0 heterocycles. The van der Waals surface area contributed by atoms with Crippen LogP contribution in [0.25, 0.3) is 0 Å². The van der Waals surface area contributed by atoms with E-state index in [9.17, 15) is 28.8 Å². The maximum absolute atomic E-state index is 12.2. The van der Waals surface area contributed by atoms with Crippen LogP contribution in [0.5, 0.6) is 0 Å². The number of aliphatic hydroxyl groups excluding tert-OH is 2. The van der Waals surface area contributed by atoms with Gasteiger partial charge in [-0.2, -0.15) is 47.0 Å². The molecule has 1 aliphatic carbocycles. The Kier molecular flexibility index (Phi) is 72.5. The van der Waals surface area contributed by atoms with E-state index < -0.39 is 0 Å². The number of carbonyl (C=O) groups is 6. The molecule has 0 aromatic heterocycles. The lowest BCUT2D eigenvalue weighted by atomic mass is 9.61. The first-order chi connectivity index (χ1) is 45.6. The number of rotatable bonds is 65. The van der Waals surface area contributed by atoms with Gasteiger partial charge in [0.1, 0.15) is 6.61 Å². The Bertz CT molecular complexity index is 1700. The number of aliphatic hydroxyl groups is 2. The van der Waals surface area contributed by atoms with Crippen LogP contribution >= 0.6 is 47.0 Å². The largest absolute Gasteiger partial charge is 0.466 e. The highest BCUT2D eigenvalue weighted by atomic mass is 32.2. The summed E-state index contributed by atoms with van der Waals surface area (Å²) in [5.74, 6) is 8.39. The summed E-state index contributed by atoms with van der Waals surface area (Å²) >= 11 is 7.54. The Hall–Kier alpha value is -1.90. The zero-order valence-corrected chi connectivity index (χ0v) is 64.7. The van der Waals surface area contributed by atoms with Gasteiger partial charge in [-0.25, -0.2) is 0 Å². The summed E-state index contributed by atoms with van der Waals surface area (Å²) in [5, 5.41) is 26.4. The van der Waals surface area contributed by atoms with E-state index in [1.54, 1.807) is 14.0 Å². The number of methoxy groups -OCH3 is 1. The summed E-state index contributed by atoms with van der Waals surface area (Å²) in [7, 11) is 1.75. The molecule has 0 saturated heterocycles. The zero-order valence-electron chi connectivity index (χ0n) is 61.4. The summed E-state index contributed by atoms with van der Waals surface area (Å²) in [6.07, 6.45) is 46.5. The third kappa shape index (κ3) is 72.8. The third-order valence-electron chi connectivity index (χ3n) is 16.7. The van der Waals surface area contributed by atoms with Crippen LogP contribution in [0.15, 0.2) is 0 Å². The van der Waals surface area contributed by atoms with Crippen LogP contribution in [0.1, 0.15) is 318 Å². The van der Waals surface area contributed by atoms with Crippen LogP contribution in [0, 0.1) is 10.8 Å². The normalized spacial score (nSPS) is 14.8. The molecule has 3 amide bonds. The Morgan fingerprint density at radius 3 is 1.15 bits per heavy atom. The highest BCUT2D eigenvalue weighted by Gasteiger charge is 2.41. The minimum atomic E-state index is -0.120. The van der Waals surface area contributed by atoms with Gasteiger partial charge in [-0.05, 0) is 124 Å². The second-order valence-corrected chi connectivity index (χ2v) is 31.9. The Labute approximate surface area is 593 Å². The molecule has 94 heavy (non-hydrogen) atoms. The van der Waals surface area contributed by atoms with Crippen molar-refractivity contribution in [3.8, 4) is 0 Å². The van der Waals surface area contributed by atoms with Gasteiger partial charge in [0.15, 0.2) is 0 Å². The minimum absolute atomic E-state index is 0.0346. The van der Waals surface area contributed by atoms with Gasteiger partial charge in [-0.3, -0.25) is 28.8 Å². The van der Waals surface area contributed by atoms with E-state index in [0.29, 0.717) is 77.9 Å². The molecule has 1 aliphatic rings. The highest BCUT2D eigenvalue weighted by Crippen LogP contribution is 2.48. The van der Waals surface area contributed by atoms with Crippen molar-refractivity contribution in [2.75, 3.05) is 106 Å². The Balaban J connectivity index is 0. The molecular weight excluding hydrogens is 1260 g/mol. The Morgan fingerprint density at radius 1 is 0.404 bits per heavy atom. The van der Waals surface area contributed by atoms with E-state index in [1.165, 1.54) is 159 Å². The quantitative estimate of drug-likeness (QED) is 0.0217. The molecule has 19 heteroatoms. The molecule has 0 bridgehead atoms. The number of thioether (sulfide) groups is 4. The topological polar surface area (TPSA) is 216 Å². The number of carbonyl (C=O) groups excluding carboxylic acids is 6. The van der Waals surface area contributed by atoms with Crippen LogP contribution in [0.2, 0.25) is 0 Å². The van der Waals surface area contributed by atoms with Crippen LogP contribution in [0.4, 0.5) is 0 Å². The van der Waals surface area contributed by atoms with Crippen molar-refractivity contribution in [2.45, 2.75) is 324 Å². The molecule has 0 aromatic carbocycles. The van der Waals surface area contributed by atoms with E-state index in [1.807, 2.05) is 47.0 Å². The lowest BCUT2D eigenvalue weighted by molar-refractivity contribution is -0.144. The number of amides is 3. The van der Waals surface area contributed by atoms with Crippen LogP contribution in [-0.2, 0) is 47.7 Å². The number of hydrogen-bond acceptors (Lipinski definition) is 16. The number of unbranched alkanes of at least 4 members (excludes halogenated alkanes) is 27. The molecule has 2 unspecified atom stereocenters. The van der Waals surface area contributed by atoms with Gasteiger partial charge in [-0.1, -0.05) is 189 Å². The zero-order chi connectivity index (χ0) is 69.5. The predicted octanol–water partition coefficient (Wildman–Crippen LogP) is 17.7. The van der Waals surface area contributed by atoms with Crippen molar-refractivity contribution in [3.05, 3.63) is 0 Å². The fourth-order valence-corrected chi connectivity index (χ4v) is 15.0. The van der Waals surface area contributed by atoms with Gasteiger partial charge in [0.25, 0.3) is 0 Å². The standard InChI is InChI=1S/C29H57NO5S2.C23H45NO4S.C23H43NO3S/c31-21-26-36-24-15-11-7-3-1-5-9-13-18-28(33)30-20-17-23-35-29(34)19-14-10-6-2-4-8-12-16-25-37-27-22-32;1-3-4-11-16-23(26)28-18-14-17-24-22(25)15-12-9-7-5-6-8-10-13-20-29-21-19-27-2;1-6-7-8-9-10-14-28-15-13-27-21(26)11-12-23(5)17-20(24-19(2)25)16-22(3,4)18-23/h31-32H,1-27H2,(H,30,33);3-21H2,1-2H3,(H,24,25);20H,6-18H2,1-5H3,(H,24,25). The molecule has 2 atom stereocenters. The van der Waals surface area contributed by atoms with Crippen molar-refractivity contribution in [1.29, 1.82) is 0 Å². The summed E-state index contributed by atoms with van der Waals surface area (Å²) in [6.45, 7) is 16.6. The van der Waals surface area contributed by atoms with Gasteiger partial charge in [-0.15, -0.1) is 0 Å². The Morgan fingerprint density at radius 2 is 0.745 bits per heavy atom. The lowest BCUT2D eigenvalue weighted by Crippen LogP contribution is -2.46. The smallest absolute Gasteiger partial charge is 0.305 e. The van der Waals surface area contributed by atoms with E-state index >= 15 is 0 Å². The third-order valence-corrected chi connectivity index (χ3v) is 20.8. The first kappa shape index (κ1) is 94.2. The number of hydrogen-bond donors (Lipinski definition) is 5. The van der Waals surface area contributed by atoms with Crippen molar-refractivity contribution >= 4 is 82.7 Å². The summed E-state index contributed by atoms with van der Waals surface area (Å²) in [4.78, 5) is 70.6. The molecule has 1 rings (SSSR count). The molecule has 0 spiro atoms. The van der Waals surface area contributed by atoms with E-state index in [0.717, 1.165) is 125 Å². The van der Waals surface area contributed by atoms with Crippen LogP contribution < -0.4 is 16.0 Å². The summed E-state index contributed by atoms with van der Waals surface area (Å²) in [6, 6.07) is 0.205. The maximum Gasteiger partial charge on any atom is 0.305 e. The van der Waals surface area contributed by atoms with Gasteiger partial charge in [0, 0.05) is 88.3 Å². The van der Waals surface area contributed by atoms with Crippen molar-refractivity contribution < 1.29 is 57.9 Å². The SMILES string of the molecule is CCCCCC(=O)OCCCNC(=O)CCCCCCCCCCSCCOC.CCCCCCCSCCOC(=O)CCC1(C)CC(NC(C)=O)CC(C)(C)C1.O=C(CCCCCCCCCCSCCO)NCCCOC(=O)CCCCCCCCCCSCCO. The minimum Gasteiger partial charge on any atom is -0.466 e. The first-order valence-electron chi connectivity index (χ1n) is 37.9. The molecule has 5 N–H and O–H groups in total. The second kappa shape index (κ2) is 72.4. The molecule has 0 aliphatic heterocycles. The van der Waals surface area contributed by atoms with Gasteiger partial charge in [0.2, 0.25) is 17.7 Å². The maximum atomic E-state index is 12.2. The van der Waals surface area contributed by atoms with Crippen molar-refractivity contribution in [3.63, 3.8) is 0 Å². The molecule has 0 radical (unpaired) electrons. The molecule has 0 aromatic rings. The van der Waals surface area contributed by atoms with Crippen LogP contribution in [0.3, 0.4) is 0 Å². The molecular formula is C75H145N3O12S4. The van der Waals surface area contributed by atoms with Crippen LogP contribution in [-0.4, -0.2) is 158 Å². The van der Waals surface area contributed by atoms with E-state index in [4.69, 9.17) is 29.2 Å². The molecule has 556 valence electrons. The van der Waals surface area contributed by atoms with Crippen molar-refractivity contribution in [1.82, 2.24) is 16.0 Å². The molecule has 15 nitrogen and oxygen atoms in total. The van der Waals surface area contributed by atoms with Gasteiger partial charge < -0.3 is 45.1 Å². The first-order valence-corrected chi connectivity index (χ1v) is 42.5. The summed E-state index contributed by atoms with van der Waals surface area (Å²) in [5.41, 5.74) is 0.249. The highest BCUT2D eigenvalue weighted by molar-refractivity contribution is 7.99. The lowest BCUT2D eigenvalue weighted by Gasteiger charge is -2.47. The number of ether oxygens (including phenoxy) is 4. The van der Waals surface area contributed by atoms with E-state index in [-0.39, 0.29) is 65.7 Å².